The predicted octanol–water partition coefficient (Wildman–Crippen LogP) is 2.38. The summed E-state index contributed by atoms with van der Waals surface area (Å²) >= 11 is 0. The Morgan fingerprint density at radius 2 is 0.875 bits per heavy atom. The summed E-state index contributed by atoms with van der Waals surface area (Å²) in [5, 5.41) is 0. The third-order valence-corrected chi connectivity index (χ3v) is 10.8. The lowest BCUT2D eigenvalue weighted by Crippen LogP contribution is -2.40. The highest BCUT2D eigenvalue weighted by Gasteiger charge is 2.16. The highest BCUT2D eigenvalue weighted by atomic mass is 28.3. The van der Waals surface area contributed by atoms with Gasteiger partial charge < -0.3 is 9.13 Å². The molecule has 0 saturated carbocycles. The Labute approximate surface area is 106 Å². The molecule has 0 aromatic heterocycles. The van der Waals surface area contributed by atoms with Gasteiger partial charge in [0.15, 0.2) is 0 Å². The van der Waals surface area contributed by atoms with Gasteiger partial charge >= 0.3 is 0 Å². The zero-order chi connectivity index (χ0) is 12.6. The number of rotatable bonds is 9. The SMILES string of the molecule is CCN(CC)[SiH](C)CC[SiH](C)N(CC)CC. The number of hydrogen-bond donors (Lipinski definition) is 0. The first-order chi connectivity index (χ1) is 7.60. The van der Waals surface area contributed by atoms with Crippen LogP contribution in [-0.2, 0) is 0 Å². The standard InChI is InChI=1S/C12H32N2Si2/c1-7-13(8-2)15(5)11-12-16(6)14(9-3)10-4/h15-16H,7-12H2,1-6H3. The Morgan fingerprint density at radius 1 is 0.625 bits per heavy atom. The van der Waals surface area contributed by atoms with Crippen molar-refractivity contribution in [3.05, 3.63) is 0 Å². The highest BCUT2D eigenvalue weighted by molar-refractivity contribution is 6.60. The van der Waals surface area contributed by atoms with Crippen LogP contribution < -0.4 is 0 Å². The van der Waals surface area contributed by atoms with E-state index >= 15 is 0 Å². The van der Waals surface area contributed by atoms with E-state index in [1.807, 2.05) is 0 Å². The van der Waals surface area contributed by atoms with Crippen molar-refractivity contribution in [2.75, 3.05) is 26.2 Å². The van der Waals surface area contributed by atoms with Gasteiger partial charge in [-0.15, -0.1) is 0 Å². The van der Waals surface area contributed by atoms with E-state index < -0.39 is 17.9 Å². The van der Waals surface area contributed by atoms with Crippen molar-refractivity contribution in [3.8, 4) is 0 Å². The molecule has 2 unspecified atom stereocenters. The van der Waals surface area contributed by atoms with Gasteiger partial charge in [-0.2, -0.15) is 0 Å². The summed E-state index contributed by atoms with van der Waals surface area (Å²) in [6.45, 7) is 19.3. The first kappa shape index (κ1) is 16.4. The van der Waals surface area contributed by atoms with Gasteiger partial charge in [0.05, 0.1) is 0 Å². The summed E-state index contributed by atoms with van der Waals surface area (Å²) in [5.74, 6) is 0. The fraction of sp³-hybridized carbons (Fsp3) is 1.00. The minimum Gasteiger partial charge on any atom is -0.327 e. The molecule has 0 saturated heterocycles. The summed E-state index contributed by atoms with van der Waals surface area (Å²) in [5.41, 5.74) is 0. The van der Waals surface area contributed by atoms with E-state index in [1.165, 1.54) is 38.3 Å². The zero-order valence-electron chi connectivity index (χ0n) is 12.3. The lowest BCUT2D eigenvalue weighted by molar-refractivity contribution is 0.473. The van der Waals surface area contributed by atoms with Crippen molar-refractivity contribution in [1.82, 2.24) is 9.13 Å². The molecule has 4 heteroatoms. The molecule has 0 N–H and O–H groups in total. The third kappa shape index (κ3) is 5.61. The summed E-state index contributed by atoms with van der Waals surface area (Å²) in [7, 11) is -1.19. The molecule has 2 nitrogen and oxygen atoms in total. The van der Waals surface area contributed by atoms with Crippen LogP contribution in [0, 0.1) is 0 Å². The maximum Gasteiger partial charge on any atom is 0.108 e. The first-order valence-corrected chi connectivity index (χ1v) is 12.1. The summed E-state index contributed by atoms with van der Waals surface area (Å²) in [4.78, 5) is 0. The van der Waals surface area contributed by atoms with E-state index in [0.717, 1.165) is 0 Å². The van der Waals surface area contributed by atoms with Gasteiger partial charge in [0.25, 0.3) is 0 Å². The Bertz CT molecular complexity index is 141. The smallest absolute Gasteiger partial charge is 0.108 e. The van der Waals surface area contributed by atoms with Gasteiger partial charge in [0, 0.05) is 0 Å². The fourth-order valence-electron chi connectivity index (χ4n) is 2.54. The van der Waals surface area contributed by atoms with Crippen LogP contribution in [0.1, 0.15) is 27.7 Å². The van der Waals surface area contributed by atoms with Crippen molar-refractivity contribution in [2.24, 2.45) is 0 Å². The second-order valence-corrected chi connectivity index (χ2v) is 10.7. The average molecular weight is 261 g/mol. The Morgan fingerprint density at radius 3 is 1.06 bits per heavy atom. The maximum atomic E-state index is 2.71. The monoisotopic (exact) mass is 260 g/mol. The first-order valence-electron chi connectivity index (χ1n) is 7.08. The normalized spacial score (nSPS) is 15.8. The van der Waals surface area contributed by atoms with E-state index in [9.17, 15) is 0 Å². The van der Waals surface area contributed by atoms with Crippen LogP contribution >= 0.6 is 0 Å². The lowest BCUT2D eigenvalue weighted by atomic mass is 10.7. The van der Waals surface area contributed by atoms with Crippen molar-refractivity contribution < 1.29 is 0 Å². The van der Waals surface area contributed by atoms with Crippen LogP contribution in [0.2, 0.25) is 25.2 Å². The van der Waals surface area contributed by atoms with Crippen LogP contribution in [0.25, 0.3) is 0 Å². The quantitative estimate of drug-likeness (QED) is 0.587. The van der Waals surface area contributed by atoms with Crippen LogP contribution in [0.15, 0.2) is 0 Å². The molecule has 0 bridgehead atoms. The molecule has 0 fully saturated rings. The largest absolute Gasteiger partial charge is 0.327 e. The van der Waals surface area contributed by atoms with Crippen LogP contribution in [0.5, 0.6) is 0 Å². The molecular weight excluding hydrogens is 228 g/mol. The molecule has 0 aliphatic carbocycles. The molecular formula is C12H32N2Si2. The van der Waals surface area contributed by atoms with Gasteiger partial charge in [-0.1, -0.05) is 40.8 Å². The van der Waals surface area contributed by atoms with Crippen LogP contribution in [0.3, 0.4) is 0 Å². The van der Waals surface area contributed by atoms with Gasteiger partial charge in [-0.3, -0.25) is 0 Å². The second-order valence-electron chi connectivity index (χ2n) is 4.72. The molecule has 0 aromatic rings. The van der Waals surface area contributed by atoms with Gasteiger partial charge in [-0.05, 0) is 38.3 Å². The molecule has 0 amide bonds. The second kappa shape index (κ2) is 9.39. The van der Waals surface area contributed by atoms with Crippen LogP contribution in [-0.4, -0.2) is 53.2 Å². The molecule has 0 radical (unpaired) electrons. The molecule has 0 rings (SSSR count). The van der Waals surface area contributed by atoms with Gasteiger partial charge in [-0.25, -0.2) is 0 Å². The van der Waals surface area contributed by atoms with Gasteiger partial charge in [0.2, 0.25) is 0 Å². The molecule has 0 spiro atoms. The van der Waals surface area contributed by atoms with Crippen molar-refractivity contribution in [2.45, 2.75) is 52.9 Å². The number of nitrogens with zero attached hydrogens (tertiary/aromatic N) is 2. The van der Waals surface area contributed by atoms with E-state index in [1.54, 1.807) is 0 Å². The Kier molecular flexibility index (Phi) is 9.60. The molecule has 16 heavy (non-hydrogen) atoms. The van der Waals surface area contributed by atoms with Crippen molar-refractivity contribution >= 4 is 17.9 Å². The molecule has 98 valence electrons. The lowest BCUT2D eigenvalue weighted by Gasteiger charge is -2.29. The minimum atomic E-state index is -0.595. The van der Waals surface area contributed by atoms with Crippen LogP contribution in [0.4, 0.5) is 0 Å². The van der Waals surface area contributed by atoms with E-state index in [-0.39, 0.29) is 0 Å². The predicted molar refractivity (Wildman–Crippen MR) is 81.5 cm³/mol. The molecule has 0 aliphatic heterocycles. The fourth-order valence-corrected chi connectivity index (χ4v) is 9.62. The van der Waals surface area contributed by atoms with E-state index in [2.05, 4.69) is 49.9 Å². The third-order valence-electron chi connectivity index (χ3n) is 3.87. The highest BCUT2D eigenvalue weighted by Crippen LogP contribution is 2.09. The summed E-state index contributed by atoms with van der Waals surface area (Å²) in [6.07, 6.45) is 0. The molecule has 0 heterocycles. The summed E-state index contributed by atoms with van der Waals surface area (Å²) in [6, 6.07) is 3.04. The molecule has 0 aromatic carbocycles. The average Bonchev–Trinajstić information content (AvgIpc) is 2.29. The zero-order valence-corrected chi connectivity index (χ0v) is 14.6. The summed E-state index contributed by atoms with van der Waals surface area (Å²) < 4.78 is 5.42. The van der Waals surface area contributed by atoms with Crippen molar-refractivity contribution in [1.29, 1.82) is 0 Å². The minimum absolute atomic E-state index is 0.595. The maximum absolute atomic E-state index is 2.71. The number of hydrogen-bond acceptors (Lipinski definition) is 2. The molecule has 0 aliphatic rings. The Balaban J connectivity index is 3.93. The topological polar surface area (TPSA) is 6.48 Å². The Hall–Kier alpha value is 0.354. The van der Waals surface area contributed by atoms with Crippen molar-refractivity contribution in [3.63, 3.8) is 0 Å². The van der Waals surface area contributed by atoms with Gasteiger partial charge in [0.1, 0.15) is 17.9 Å². The van der Waals surface area contributed by atoms with E-state index in [0.29, 0.717) is 0 Å². The molecule has 2 atom stereocenters. The van der Waals surface area contributed by atoms with E-state index in [4.69, 9.17) is 0 Å².